The Hall–Kier alpha value is -0.630. The Bertz CT molecular complexity index is 276. The van der Waals surface area contributed by atoms with E-state index in [4.69, 9.17) is 4.74 Å². The van der Waals surface area contributed by atoms with E-state index in [0.29, 0.717) is 30.1 Å². The van der Waals surface area contributed by atoms with E-state index in [1.807, 2.05) is 0 Å². The Morgan fingerprint density at radius 1 is 1.29 bits per heavy atom. The normalized spacial score (nSPS) is 44.9. The molecule has 3 rings (SSSR count). The van der Waals surface area contributed by atoms with Crippen LogP contribution in [0.25, 0.3) is 0 Å². The van der Waals surface area contributed by atoms with Gasteiger partial charge in [-0.25, -0.2) is 0 Å². The largest absolute Gasteiger partial charge is 0.381 e. The molecule has 0 aromatic carbocycles. The van der Waals surface area contributed by atoms with Crippen LogP contribution < -0.4 is 0 Å². The molecule has 3 aliphatic rings. The first-order chi connectivity index (χ1) is 6.84. The lowest BCUT2D eigenvalue weighted by molar-refractivity contribution is -0.127. The molecule has 2 nitrogen and oxygen atoms in total. The van der Waals surface area contributed by atoms with Gasteiger partial charge in [-0.05, 0) is 31.1 Å². The van der Waals surface area contributed by atoms with Crippen molar-refractivity contribution in [3.8, 4) is 0 Å². The van der Waals surface area contributed by atoms with Crippen LogP contribution in [0, 0.1) is 23.7 Å². The van der Waals surface area contributed by atoms with Crippen LogP contribution in [0.5, 0.6) is 0 Å². The predicted octanol–water partition coefficient (Wildman–Crippen LogP) is 1.80. The van der Waals surface area contributed by atoms with Crippen molar-refractivity contribution < 1.29 is 9.53 Å². The third-order valence-electron chi connectivity index (χ3n) is 3.98. The number of carbonyl (C=O) groups is 1. The number of ketones is 1. The van der Waals surface area contributed by atoms with E-state index >= 15 is 0 Å². The Morgan fingerprint density at radius 2 is 2.21 bits per heavy atom. The fourth-order valence-electron chi connectivity index (χ4n) is 3.17. The first-order valence-corrected chi connectivity index (χ1v) is 5.64. The molecule has 4 atom stereocenters. The van der Waals surface area contributed by atoms with Crippen molar-refractivity contribution in [3.05, 3.63) is 12.2 Å². The summed E-state index contributed by atoms with van der Waals surface area (Å²) in [6, 6.07) is 0. The highest BCUT2D eigenvalue weighted by Crippen LogP contribution is 2.45. The molecule has 76 valence electrons. The molecule has 1 saturated carbocycles. The number of Topliss-reactive ketones (excluding diaryl/α,β-unsaturated/α-hetero) is 1. The highest BCUT2D eigenvalue weighted by molar-refractivity contribution is 5.84. The third kappa shape index (κ3) is 1.24. The lowest BCUT2D eigenvalue weighted by atomic mass is 9.83. The molecule has 14 heavy (non-hydrogen) atoms. The number of allylic oxidation sites excluding steroid dienone is 2. The van der Waals surface area contributed by atoms with Crippen LogP contribution in [-0.2, 0) is 9.53 Å². The second-order valence-corrected chi connectivity index (χ2v) is 4.85. The summed E-state index contributed by atoms with van der Waals surface area (Å²) in [5, 5.41) is 0. The van der Waals surface area contributed by atoms with E-state index in [2.05, 4.69) is 12.2 Å². The van der Waals surface area contributed by atoms with Gasteiger partial charge in [0, 0.05) is 18.4 Å². The smallest absolute Gasteiger partial charge is 0.142 e. The lowest BCUT2D eigenvalue weighted by Crippen LogP contribution is -2.26. The van der Waals surface area contributed by atoms with Crippen molar-refractivity contribution in [1.29, 1.82) is 0 Å². The van der Waals surface area contributed by atoms with Crippen molar-refractivity contribution in [1.82, 2.24) is 0 Å². The molecule has 0 aromatic rings. The Labute approximate surface area is 84.3 Å². The second kappa shape index (κ2) is 3.20. The van der Waals surface area contributed by atoms with Gasteiger partial charge >= 0.3 is 0 Å². The monoisotopic (exact) mass is 192 g/mol. The average molecular weight is 192 g/mol. The zero-order valence-electron chi connectivity index (χ0n) is 8.32. The molecule has 1 heterocycles. The average Bonchev–Trinajstić information content (AvgIpc) is 2.93. The molecule has 1 aliphatic heterocycles. The summed E-state index contributed by atoms with van der Waals surface area (Å²) in [5.41, 5.74) is 0. The molecule has 0 amide bonds. The quantitative estimate of drug-likeness (QED) is 0.624. The van der Waals surface area contributed by atoms with Gasteiger partial charge in [0.15, 0.2) is 0 Å². The fraction of sp³-hybridized carbons (Fsp3) is 0.750. The molecule has 0 radical (unpaired) electrons. The van der Waals surface area contributed by atoms with Gasteiger partial charge in [0.1, 0.15) is 5.78 Å². The van der Waals surface area contributed by atoms with Gasteiger partial charge < -0.3 is 4.74 Å². The van der Waals surface area contributed by atoms with Gasteiger partial charge in [-0.2, -0.15) is 0 Å². The summed E-state index contributed by atoms with van der Waals surface area (Å²) < 4.78 is 5.28. The predicted molar refractivity (Wildman–Crippen MR) is 52.8 cm³/mol. The van der Waals surface area contributed by atoms with Gasteiger partial charge in [0.25, 0.3) is 0 Å². The van der Waals surface area contributed by atoms with Gasteiger partial charge in [-0.3, -0.25) is 4.79 Å². The van der Waals surface area contributed by atoms with E-state index in [1.165, 1.54) is 6.42 Å². The first kappa shape index (κ1) is 8.66. The Kier molecular flexibility index (Phi) is 1.98. The molecule has 2 fully saturated rings. The minimum atomic E-state index is 0.216. The van der Waals surface area contributed by atoms with Crippen molar-refractivity contribution in [2.45, 2.75) is 19.3 Å². The van der Waals surface area contributed by atoms with Gasteiger partial charge in [-0.15, -0.1) is 0 Å². The summed E-state index contributed by atoms with van der Waals surface area (Å²) in [5.74, 6) is 2.30. The minimum absolute atomic E-state index is 0.216. The molecule has 1 saturated heterocycles. The fourth-order valence-corrected chi connectivity index (χ4v) is 3.17. The molecule has 2 aliphatic carbocycles. The Balaban J connectivity index is 1.71. The number of hydrogen-bond donors (Lipinski definition) is 0. The zero-order valence-corrected chi connectivity index (χ0v) is 8.32. The van der Waals surface area contributed by atoms with E-state index in [-0.39, 0.29) is 5.92 Å². The van der Waals surface area contributed by atoms with Crippen LogP contribution in [0.3, 0.4) is 0 Å². The van der Waals surface area contributed by atoms with Crippen LogP contribution in [0.2, 0.25) is 0 Å². The summed E-state index contributed by atoms with van der Waals surface area (Å²) in [7, 11) is 0. The Morgan fingerprint density at radius 3 is 2.79 bits per heavy atom. The minimum Gasteiger partial charge on any atom is -0.381 e. The first-order valence-electron chi connectivity index (χ1n) is 5.64. The molecule has 0 aromatic heterocycles. The molecule has 4 unspecified atom stereocenters. The van der Waals surface area contributed by atoms with Crippen molar-refractivity contribution in [2.24, 2.45) is 23.7 Å². The summed E-state index contributed by atoms with van der Waals surface area (Å²) >= 11 is 0. The van der Waals surface area contributed by atoms with Crippen molar-refractivity contribution in [3.63, 3.8) is 0 Å². The van der Waals surface area contributed by atoms with E-state index in [9.17, 15) is 4.79 Å². The molecule has 0 spiro atoms. The van der Waals surface area contributed by atoms with Crippen molar-refractivity contribution >= 4 is 5.78 Å². The highest BCUT2D eigenvalue weighted by atomic mass is 16.5. The number of rotatable bonds is 2. The van der Waals surface area contributed by atoms with Crippen LogP contribution in [0.1, 0.15) is 19.3 Å². The van der Waals surface area contributed by atoms with Gasteiger partial charge in [-0.1, -0.05) is 12.2 Å². The van der Waals surface area contributed by atoms with E-state index in [0.717, 1.165) is 19.4 Å². The summed E-state index contributed by atoms with van der Waals surface area (Å²) in [6.07, 6.45) is 7.84. The molecular weight excluding hydrogens is 176 g/mol. The highest BCUT2D eigenvalue weighted by Gasteiger charge is 2.42. The number of ether oxygens (including phenoxy) is 1. The van der Waals surface area contributed by atoms with Gasteiger partial charge in [0.2, 0.25) is 0 Å². The maximum absolute atomic E-state index is 12.1. The van der Waals surface area contributed by atoms with Gasteiger partial charge in [0.05, 0.1) is 6.61 Å². The zero-order chi connectivity index (χ0) is 9.54. The standard InChI is InChI=1S/C12H16O2/c13-12(10-3-4-14-7-10)11-6-8-1-2-9(11)5-8/h1-2,8-11H,3-7H2. The van der Waals surface area contributed by atoms with Crippen molar-refractivity contribution in [2.75, 3.05) is 13.2 Å². The lowest BCUT2D eigenvalue weighted by Gasteiger charge is -2.19. The molecule has 0 N–H and O–H groups in total. The van der Waals surface area contributed by atoms with Crippen LogP contribution in [-0.4, -0.2) is 19.0 Å². The SMILES string of the molecule is O=C(C1CCOC1)C1CC2C=CC1C2. The van der Waals surface area contributed by atoms with E-state index < -0.39 is 0 Å². The molecule has 2 heteroatoms. The number of carbonyl (C=O) groups excluding carboxylic acids is 1. The number of hydrogen-bond acceptors (Lipinski definition) is 2. The van der Waals surface area contributed by atoms with E-state index in [1.54, 1.807) is 0 Å². The maximum Gasteiger partial charge on any atom is 0.142 e. The summed E-state index contributed by atoms with van der Waals surface area (Å²) in [6.45, 7) is 1.46. The third-order valence-corrected chi connectivity index (χ3v) is 3.98. The van der Waals surface area contributed by atoms with Crippen LogP contribution >= 0.6 is 0 Å². The summed E-state index contributed by atoms with van der Waals surface area (Å²) in [4.78, 5) is 12.1. The molecule has 2 bridgehead atoms. The molecular formula is C12H16O2. The second-order valence-electron chi connectivity index (χ2n) is 4.85. The maximum atomic E-state index is 12.1. The van der Waals surface area contributed by atoms with Crippen LogP contribution in [0.15, 0.2) is 12.2 Å². The number of fused-ring (bicyclic) bond motifs is 2. The topological polar surface area (TPSA) is 26.3 Å². The van der Waals surface area contributed by atoms with Crippen LogP contribution in [0.4, 0.5) is 0 Å².